The van der Waals surface area contributed by atoms with Crippen LogP contribution in [0.5, 0.6) is 0 Å². The number of thiophene rings is 1. The molecule has 16 heteroatoms. The maximum absolute atomic E-state index is 13.5. The number of aromatic carboxylic acids is 1. The van der Waals surface area contributed by atoms with Gasteiger partial charge in [0.1, 0.15) is 5.69 Å². The lowest BCUT2D eigenvalue weighted by molar-refractivity contribution is -0.127. The first-order valence-electron chi connectivity index (χ1n) is 15.3. The number of piperidine rings is 1. The Balaban J connectivity index is 1.22. The molecule has 4 amide bonds. The Morgan fingerprint density at radius 3 is 2.68 bits per heavy atom. The van der Waals surface area contributed by atoms with Gasteiger partial charge >= 0.3 is 12.0 Å². The van der Waals surface area contributed by atoms with Crippen molar-refractivity contribution in [2.75, 3.05) is 32.7 Å². The van der Waals surface area contributed by atoms with Crippen molar-refractivity contribution in [3.05, 3.63) is 57.7 Å². The van der Waals surface area contributed by atoms with Crippen LogP contribution in [0.15, 0.2) is 40.9 Å². The highest BCUT2D eigenvalue weighted by Crippen LogP contribution is 2.33. The van der Waals surface area contributed by atoms with Gasteiger partial charge in [0.05, 0.1) is 33.2 Å². The first-order chi connectivity index (χ1) is 22.5. The van der Waals surface area contributed by atoms with Gasteiger partial charge in [0.25, 0.3) is 5.91 Å². The second-order valence-corrected chi connectivity index (χ2v) is 13.8. The maximum Gasteiger partial charge on any atom is 0.357 e. The molecule has 0 bridgehead atoms. The van der Waals surface area contributed by atoms with Crippen molar-refractivity contribution >= 4 is 57.7 Å². The molecule has 3 aromatic heterocycles. The molecule has 0 radical (unpaired) electrons. The van der Waals surface area contributed by atoms with Crippen molar-refractivity contribution in [2.24, 2.45) is 17.6 Å². The predicted octanol–water partition coefficient (Wildman–Crippen LogP) is 3.11. The van der Waals surface area contributed by atoms with E-state index in [1.807, 2.05) is 6.07 Å². The Morgan fingerprint density at radius 1 is 1.21 bits per heavy atom. The summed E-state index contributed by atoms with van der Waals surface area (Å²) in [6.45, 7) is 6.48. The average Bonchev–Trinajstić information content (AvgIpc) is 3.85. The second-order valence-electron chi connectivity index (χ2n) is 12.1. The smallest absolute Gasteiger partial charge is 0.357 e. The minimum Gasteiger partial charge on any atom is -0.476 e. The molecule has 248 valence electrons. The summed E-state index contributed by atoms with van der Waals surface area (Å²) in [4.78, 5) is 55.7. The minimum atomic E-state index is -1.24. The monoisotopic (exact) mass is 682 g/mol. The zero-order chi connectivity index (χ0) is 33.4. The van der Waals surface area contributed by atoms with E-state index >= 15 is 0 Å². The number of aromatic nitrogens is 3. The average molecular weight is 683 g/mol. The molecular formula is C31H35ClN8O6S. The highest BCUT2D eigenvalue weighted by atomic mass is 35.5. The van der Waals surface area contributed by atoms with Gasteiger partial charge in [-0.15, -0.1) is 11.3 Å². The summed E-state index contributed by atoms with van der Waals surface area (Å²) < 4.78 is 7.57. The highest BCUT2D eigenvalue weighted by Gasteiger charge is 2.43. The topological polar surface area (TPSA) is 189 Å². The quantitative estimate of drug-likeness (QED) is 0.184. The van der Waals surface area contributed by atoms with Gasteiger partial charge in [-0.2, -0.15) is 5.10 Å². The summed E-state index contributed by atoms with van der Waals surface area (Å²) in [5.74, 6) is -2.34. The van der Waals surface area contributed by atoms with E-state index in [0.717, 1.165) is 11.4 Å². The van der Waals surface area contributed by atoms with Gasteiger partial charge in [-0.3, -0.25) is 14.3 Å². The number of amides is 4. The van der Waals surface area contributed by atoms with Gasteiger partial charge in [0.2, 0.25) is 5.91 Å². The molecule has 6 rings (SSSR count). The van der Waals surface area contributed by atoms with E-state index in [1.54, 1.807) is 29.2 Å². The van der Waals surface area contributed by atoms with E-state index in [2.05, 4.69) is 39.6 Å². The largest absolute Gasteiger partial charge is 0.476 e. The van der Waals surface area contributed by atoms with E-state index in [1.165, 1.54) is 22.1 Å². The molecule has 0 saturated carbocycles. The molecule has 4 aromatic rings. The number of urea groups is 1. The molecule has 47 heavy (non-hydrogen) atoms. The second kappa shape index (κ2) is 13.3. The van der Waals surface area contributed by atoms with Crippen LogP contribution in [0.2, 0.25) is 4.34 Å². The van der Waals surface area contributed by atoms with Crippen molar-refractivity contribution in [2.45, 2.75) is 38.9 Å². The first-order valence-corrected chi connectivity index (χ1v) is 16.5. The minimum absolute atomic E-state index is 0.0927. The molecule has 3 atom stereocenters. The highest BCUT2D eigenvalue weighted by molar-refractivity contribution is 7.19. The van der Waals surface area contributed by atoms with Crippen molar-refractivity contribution in [3.63, 3.8) is 0 Å². The lowest BCUT2D eigenvalue weighted by Crippen LogP contribution is -2.58. The van der Waals surface area contributed by atoms with Crippen LogP contribution in [-0.4, -0.2) is 98.5 Å². The summed E-state index contributed by atoms with van der Waals surface area (Å²) in [6.07, 6.45) is 0.636. The van der Waals surface area contributed by atoms with E-state index in [-0.39, 0.29) is 47.7 Å². The van der Waals surface area contributed by atoms with Gasteiger partial charge in [-0.1, -0.05) is 16.8 Å². The van der Waals surface area contributed by atoms with Crippen molar-refractivity contribution < 1.29 is 28.8 Å². The lowest BCUT2D eigenvalue weighted by Gasteiger charge is -2.44. The third kappa shape index (κ3) is 6.68. The van der Waals surface area contributed by atoms with Gasteiger partial charge in [-0.05, 0) is 63.1 Å². The number of hydrogen-bond donors (Lipinski definition) is 4. The van der Waals surface area contributed by atoms with Gasteiger partial charge in [0, 0.05) is 49.2 Å². The molecule has 2 saturated heterocycles. The number of benzene rings is 1. The number of halogens is 1. The SMILES string of the molecule is CC(C)N1CCC(C(CNC(=O)c2ccc3c(c2)c(C(=O)O)nn3Cc2cc(-c3ccc(Cl)s3)on2)N2CCNC2=O)C(C(N)=O)C1. The van der Waals surface area contributed by atoms with Gasteiger partial charge in [0.15, 0.2) is 11.5 Å². The summed E-state index contributed by atoms with van der Waals surface area (Å²) in [7, 11) is 0. The molecule has 0 aliphatic carbocycles. The number of carboxylic acids is 1. The molecule has 5 heterocycles. The Morgan fingerprint density at radius 2 is 2.02 bits per heavy atom. The molecule has 3 unspecified atom stereocenters. The number of primary amides is 1. The number of carbonyl (C=O) groups excluding carboxylic acids is 3. The number of rotatable bonds is 11. The summed E-state index contributed by atoms with van der Waals surface area (Å²) in [5.41, 5.74) is 6.90. The number of fused-ring (bicyclic) bond motifs is 1. The fraction of sp³-hybridized carbons (Fsp3) is 0.419. The standard InChI is InChI=1S/C31H35ClN8O6S/c1-16(2)38-9-7-19(21(15-38)28(33)41)23(39-10-8-34-31(39)45)13-35-29(42)17-3-4-22-20(11-17)27(30(43)44)36-40(22)14-18-12-24(46-37-18)25-5-6-26(32)47-25/h3-6,11-12,16,19,21,23H,7-10,13-15H2,1-2H3,(H2,33,41)(H,34,45)(H,35,42)(H,43,44). The zero-order valence-corrected chi connectivity index (χ0v) is 27.4. The van der Waals surface area contributed by atoms with Crippen molar-refractivity contribution in [3.8, 4) is 10.6 Å². The van der Waals surface area contributed by atoms with Gasteiger partial charge in [-0.25, -0.2) is 9.59 Å². The maximum atomic E-state index is 13.5. The third-order valence-corrected chi connectivity index (χ3v) is 10.2. The fourth-order valence-electron chi connectivity index (χ4n) is 6.52. The molecular weight excluding hydrogens is 648 g/mol. The summed E-state index contributed by atoms with van der Waals surface area (Å²) >= 11 is 7.39. The number of hydrogen-bond acceptors (Lipinski definition) is 9. The first kappa shape index (κ1) is 32.5. The van der Waals surface area contributed by atoms with Crippen LogP contribution in [0.4, 0.5) is 4.79 Å². The number of carboxylic acid groups (broad SMARTS) is 1. The molecule has 0 spiro atoms. The van der Waals surface area contributed by atoms with Crippen LogP contribution in [0.1, 0.15) is 46.8 Å². The Kier molecular flexibility index (Phi) is 9.21. The van der Waals surface area contributed by atoms with Crippen LogP contribution in [0, 0.1) is 11.8 Å². The summed E-state index contributed by atoms with van der Waals surface area (Å²) in [6, 6.07) is 9.56. The number of nitrogens with zero attached hydrogens (tertiary/aromatic N) is 5. The van der Waals surface area contributed by atoms with Crippen LogP contribution >= 0.6 is 22.9 Å². The molecule has 2 aliphatic heterocycles. The molecule has 14 nitrogen and oxygen atoms in total. The van der Waals surface area contributed by atoms with E-state index < -0.39 is 29.7 Å². The number of carbonyl (C=O) groups is 4. The number of nitrogens with one attached hydrogen (secondary N) is 2. The Bertz CT molecular complexity index is 1830. The number of nitrogens with two attached hydrogens (primary N) is 1. The lowest BCUT2D eigenvalue weighted by atomic mass is 9.78. The molecule has 2 aliphatic rings. The normalized spacial score (nSPS) is 19.3. The zero-order valence-electron chi connectivity index (χ0n) is 25.8. The van der Waals surface area contributed by atoms with Crippen LogP contribution in [0.25, 0.3) is 21.5 Å². The predicted molar refractivity (Wildman–Crippen MR) is 174 cm³/mol. The Hall–Kier alpha value is -4.47. The molecule has 1 aromatic carbocycles. The van der Waals surface area contributed by atoms with E-state index in [9.17, 15) is 24.3 Å². The van der Waals surface area contributed by atoms with Crippen LogP contribution < -0.4 is 16.4 Å². The fourth-order valence-corrected chi connectivity index (χ4v) is 7.51. The van der Waals surface area contributed by atoms with Crippen molar-refractivity contribution in [1.29, 1.82) is 0 Å². The van der Waals surface area contributed by atoms with E-state index in [4.69, 9.17) is 21.9 Å². The van der Waals surface area contributed by atoms with Crippen LogP contribution in [-0.2, 0) is 11.3 Å². The van der Waals surface area contributed by atoms with Gasteiger partial charge < -0.3 is 35.8 Å². The van der Waals surface area contributed by atoms with Crippen LogP contribution in [0.3, 0.4) is 0 Å². The molecule has 2 fully saturated rings. The third-order valence-electron chi connectivity index (χ3n) is 8.95. The summed E-state index contributed by atoms with van der Waals surface area (Å²) in [5, 5.41) is 24.4. The van der Waals surface area contributed by atoms with Crippen molar-refractivity contribution in [1.82, 2.24) is 35.4 Å². The Labute approximate surface area is 278 Å². The molecule has 5 N–H and O–H groups in total. The van der Waals surface area contributed by atoms with E-state index in [0.29, 0.717) is 47.4 Å². The number of likely N-dealkylation sites (tertiary alicyclic amines) is 1.